The third-order valence-electron chi connectivity index (χ3n) is 5.07. The van der Waals surface area contributed by atoms with Crippen molar-refractivity contribution in [3.05, 3.63) is 59.8 Å². The van der Waals surface area contributed by atoms with Crippen molar-refractivity contribution in [1.82, 2.24) is 4.57 Å². The molecule has 0 unspecified atom stereocenters. The maximum absolute atomic E-state index is 11.8. The van der Waals surface area contributed by atoms with E-state index in [1.165, 1.54) is 14.2 Å². The summed E-state index contributed by atoms with van der Waals surface area (Å²) in [4.78, 5) is 23.7. The van der Waals surface area contributed by atoms with E-state index in [1.54, 1.807) is 7.11 Å². The van der Waals surface area contributed by atoms with Crippen molar-refractivity contribution >= 4 is 22.8 Å². The lowest BCUT2D eigenvalue weighted by Crippen LogP contribution is -2.28. The smallest absolute Gasteiger partial charge is 0.320 e. The zero-order valence-electron chi connectivity index (χ0n) is 17.5. The molecule has 3 aromatic rings. The first-order valence-corrected chi connectivity index (χ1v) is 9.46. The van der Waals surface area contributed by atoms with E-state index >= 15 is 0 Å². The minimum absolute atomic E-state index is 0.199. The molecule has 0 spiro atoms. The molecule has 7 heteroatoms. The number of esters is 2. The maximum Gasteiger partial charge on any atom is 0.320 e. The lowest BCUT2D eigenvalue weighted by Gasteiger charge is -2.13. The van der Waals surface area contributed by atoms with Crippen LogP contribution in [0.5, 0.6) is 11.5 Å². The maximum atomic E-state index is 11.8. The number of carbonyl (C=O) groups is 2. The number of fused-ring (bicyclic) bond motifs is 1. The number of hydrogen-bond acceptors (Lipinski definition) is 6. The largest absolute Gasteiger partial charge is 0.497 e. The van der Waals surface area contributed by atoms with Crippen LogP contribution in [-0.2, 0) is 39.1 Å². The highest BCUT2D eigenvalue weighted by atomic mass is 16.5. The molecule has 30 heavy (non-hydrogen) atoms. The molecule has 3 rings (SSSR count). The summed E-state index contributed by atoms with van der Waals surface area (Å²) in [6.07, 6.45) is 0.199. The molecule has 0 fully saturated rings. The number of aromatic nitrogens is 1. The van der Waals surface area contributed by atoms with Crippen LogP contribution in [0.15, 0.2) is 48.5 Å². The summed E-state index contributed by atoms with van der Waals surface area (Å²) >= 11 is 0. The molecule has 0 aliphatic carbocycles. The molecule has 0 radical (unpaired) electrons. The molecule has 158 valence electrons. The molecule has 0 aliphatic rings. The van der Waals surface area contributed by atoms with E-state index in [0.29, 0.717) is 12.4 Å². The highest BCUT2D eigenvalue weighted by Gasteiger charge is 2.28. The molecule has 7 nitrogen and oxygen atoms in total. The van der Waals surface area contributed by atoms with Gasteiger partial charge in [0.05, 0.1) is 27.0 Å². The summed E-state index contributed by atoms with van der Waals surface area (Å²) in [5.74, 6) is -0.716. The second-order valence-electron chi connectivity index (χ2n) is 6.86. The van der Waals surface area contributed by atoms with Gasteiger partial charge in [0.15, 0.2) is 5.92 Å². The van der Waals surface area contributed by atoms with Crippen molar-refractivity contribution in [2.24, 2.45) is 13.0 Å². The van der Waals surface area contributed by atoms with Gasteiger partial charge in [0.1, 0.15) is 18.1 Å². The summed E-state index contributed by atoms with van der Waals surface area (Å²) in [7, 11) is 6.14. The number of carbonyl (C=O) groups excluding carboxylic acids is 2. The second-order valence-corrected chi connectivity index (χ2v) is 6.86. The quantitative estimate of drug-likeness (QED) is 0.418. The molecule has 0 saturated carbocycles. The summed E-state index contributed by atoms with van der Waals surface area (Å²) in [5, 5.41) is 1.09. The van der Waals surface area contributed by atoms with Crippen LogP contribution in [0.2, 0.25) is 0 Å². The number of rotatable bonds is 8. The van der Waals surface area contributed by atoms with Crippen molar-refractivity contribution in [3.63, 3.8) is 0 Å². The minimum Gasteiger partial charge on any atom is -0.497 e. The lowest BCUT2D eigenvalue weighted by molar-refractivity contribution is -0.158. The van der Waals surface area contributed by atoms with E-state index in [2.05, 4.69) is 10.6 Å². The van der Waals surface area contributed by atoms with Gasteiger partial charge < -0.3 is 23.5 Å². The van der Waals surface area contributed by atoms with Gasteiger partial charge in [-0.2, -0.15) is 0 Å². The highest BCUT2D eigenvalue weighted by molar-refractivity contribution is 5.95. The van der Waals surface area contributed by atoms with Crippen LogP contribution in [0.1, 0.15) is 11.3 Å². The molecular formula is C23H25NO6. The summed E-state index contributed by atoms with van der Waals surface area (Å²) in [5.41, 5.74) is 2.93. The van der Waals surface area contributed by atoms with Crippen LogP contribution in [0.3, 0.4) is 0 Å². The number of methoxy groups -OCH3 is 3. The molecule has 0 amide bonds. The number of benzene rings is 2. The SMILES string of the molecule is COC(=O)C(Cc1ccc(OCc2cc3cc(OC)ccc3n2C)cc1)C(=O)OC. The van der Waals surface area contributed by atoms with Crippen molar-refractivity contribution < 1.29 is 28.5 Å². The Labute approximate surface area is 175 Å². The summed E-state index contributed by atoms with van der Waals surface area (Å²) < 4.78 is 22.7. The third-order valence-corrected chi connectivity index (χ3v) is 5.07. The van der Waals surface area contributed by atoms with Crippen molar-refractivity contribution in [2.45, 2.75) is 13.0 Å². The van der Waals surface area contributed by atoms with Crippen LogP contribution < -0.4 is 9.47 Å². The van der Waals surface area contributed by atoms with E-state index in [1.807, 2.05) is 49.5 Å². The zero-order chi connectivity index (χ0) is 21.7. The number of aryl methyl sites for hydroxylation is 1. The van der Waals surface area contributed by atoms with E-state index < -0.39 is 17.9 Å². The molecule has 2 aromatic carbocycles. The molecular weight excluding hydrogens is 386 g/mol. The zero-order valence-corrected chi connectivity index (χ0v) is 17.5. The summed E-state index contributed by atoms with van der Waals surface area (Å²) in [6, 6.07) is 15.3. The molecule has 0 atom stereocenters. The van der Waals surface area contributed by atoms with Gasteiger partial charge in [-0.15, -0.1) is 0 Å². The highest BCUT2D eigenvalue weighted by Crippen LogP contribution is 2.25. The predicted octanol–water partition coefficient (Wildman–Crippen LogP) is 3.27. The van der Waals surface area contributed by atoms with E-state index in [4.69, 9.17) is 18.9 Å². The van der Waals surface area contributed by atoms with Crippen molar-refractivity contribution in [2.75, 3.05) is 21.3 Å². The van der Waals surface area contributed by atoms with Gasteiger partial charge >= 0.3 is 11.9 Å². The fourth-order valence-electron chi connectivity index (χ4n) is 3.31. The molecule has 0 saturated heterocycles. The Bertz CT molecular complexity index is 1020. The Morgan fingerprint density at radius 2 is 1.53 bits per heavy atom. The molecule has 0 aliphatic heterocycles. The number of ether oxygens (including phenoxy) is 4. The Morgan fingerprint density at radius 1 is 0.900 bits per heavy atom. The Morgan fingerprint density at radius 3 is 2.13 bits per heavy atom. The van der Waals surface area contributed by atoms with Gasteiger partial charge in [0.2, 0.25) is 0 Å². The van der Waals surface area contributed by atoms with Crippen LogP contribution in [0, 0.1) is 5.92 Å². The summed E-state index contributed by atoms with van der Waals surface area (Å²) in [6.45, 7) is 0.403. The van der Waals surface area contributed by atoms with E-state index in [-0.39, 0.29) is 6.42 Å². The fourth-order valence-corrected chi connectivity index (χ4v) is 3.31. The topological polar surface area (TPSA) is 76.0 Å². The second kappa shape index (κ2) is 9.35. The van der Waals surface area contributed by atoms with Gasteiger partial charge in [-0.05, 0) is 48.4 Å². The average Bonchev–Trinajstić information content (AvgIpc) is 3.10. The molecule has 1 heterocycles. The Hall–Kier alpha value is -3.48. The minimum atomic E-state index is -0.987. The van der Waals surface area contributed by atoms with Gasteiger partial charge in [0, 0.05) is 18.0 Å². The normalized spacial score (nSPS) is 10.8. The van der Waals surface area contributed by atoms with Crippen LogP contribution >= 0.6 is 0 Å². The van der Waals surface area contributed by atoms with Gasteiger partial charge in [-0.3, -0.25) is 9.59 Å². The first-order valence-electron chi connectivity index (χ1n) is 9.46. The average molecular weight is 411 g/mol. The van der Waals surface area contributed by atoms with Crippen LogP contribution in [-0.4, -0.2) is 37.8 Å². The predicted molar refractivity (Wildman–Crippen MR) is 111 cm³/mol. The first-order chi connectivity index (χ1) is 14.5. The molecule has 0 bridgehead atoms. The third kappa shape index (κ3) is 4.56. The van der Waals surface area contributed by atoms with Gasteiger partial charge in [0.25, 0.3) is 0 Å². The number of hydrogen-bond donors (Lipinski definition) is 0. The fraction of sp³-hybridized carbons (Fsp3) is 0.304. The van der Waals surface area contributed by atoms with Crippen molar-refractivity contribution in [3.8, 4) is 11.5 Å². The lowest BCUT2D eigenvalue weighted by atomic mass is 9.99. The van der Waals surface area contributed by atoms with Crippen LogP contribution in [0.4, 0.5) is 0 Å². The Balaban J connectivity index is 1.67. The Kier molecular flexibility index (Phi) is 6.61. The van der Waals surface area contributed by atoms with E-state index in [9.17, 15) is 9.59 Å². The molecule has 1 aromatic heterocycles. The van der Waals surface area contributed by atoms with Gasteiger partial charge in [-0.25, -0.2) is 0 Å². The number of nitrogens with zero attached hydrogens (tertiary/aromatic N) is 1. The standard InChI is InChI=1S/C23H25NO6/c1-24-17(12-16-13-19(27-2)9-10-21(16)24)14-30-18-7-5-15(6-8-18)11-20(22(25)28-3)23(26)29-4/h5-10,12-13,20H,11,14H2,1-4H3. The van der Waals surface area contributed by atoms with E-state index in [0.717, 1.165) is 27.9 Å². The monoisotopic (exact) mass is 411 g/mol. The first kappa shape index (κ1) is 21.2. The molecule has 0 N–H and O–H groups in total. The van der Waals surface area contributed by atoms with Crippen LogP contribution in [0.25, 0.3) is 10.9 Å². The van der Waals surface area contributed by atoms with Crippen molar-refractivity contribution in [1.29, 1.82) is 0 Å². The van der Waals surface area contributed by atoms with Gasteiger partial charge in [-0.1, -0.05) is 12.1 Å².